The van der Waals surface area contributed by atoms with Gasteiger partial charge in [-0.2, -0.15) is 0 Å². The van der Waals surface area contributed by atoms with Crippen LogP contribution >= 0.6 is 0 Å². The van der Waals surface area contributed by atoms with Gasteiger partial charge in [0.15, 0.2) is 0 Å². The first-order valence-electron chi connectivity index (χ1n) is 6.60. The van der Waals surface area contributed by atoms with Gasteiger partial charge < -0.3 is 4.74 Å². The summed E-state index contributed by atoms with van der Waals surface area (Å²) < 4.78 is 4.68. The van der Waals surface area contributed by atoms with Crippen molar-refractivity contribution in [2.24, 2.45) is 0 Å². The van der Waals surface area contributed by atoms with Gasteiger partial charge in [0, 0.05) is 18.2 Å². The Hall–Kier alpha value is -0.830. The van der Waals surface area contributed by atoms with Gasteiger partial charge in [0.1, 0.15) is 0 Å². The molecule has 98 valence electrons. The molecule has 0 saturated heterocycles. The molecule has 0 bridgehead atoms. The molecular weight excluding hydrogens is 214 g/mol. The van der Waals surface area contributed by atoms with E-state index < -0.39 is 0 Å². The summed E-state index contributed by atoms with van der Waals surface area (Å²) in [4.78, 5) is 13.6. The molecule has 1 aliphatic rings. The van der Waals surface area contributed by atoms with Crippen molar-refractivity contribution in [3.63, 3.8) is 0 Å². The fourth-order valence-corrected chi connectivity index (χ4v) is 2.37. The summed E-state index contributed by atoms with van der Waals surface area (Å²) in [5.74, 6) is -0.223. The van der Waals surface area contributed by atoms with Crippen molar-refractivity contribution in [2.75, 3.05) is 20.7 Å². The summed E-state index contributed by atoms with van der Waals surface area (Å²) in [6.45, 7) is 2.65. The Morgan fingerprint density at radius 3 is 2.41 bits per heavy atom. The first-order valence-corrected chi connectivity index (χ1v) is 6.60. The number of hydrogen-bond donors (Lipinski definition) is 0. The van der Waals surface area contributed by atoms with Crippen LogP contribution in [0.4, 0.5) is 0 Å². The van der Waals surface area contributed by atoms with Gasteiger partial charge in [0.05, 0.1) is 7.11 Å². The van der Waals surface area contributed by atoms with Crippen molar-refractivity contribution >= 4 is 5.97 Å². The maximum Gasteiger partial charge on any atom is 0.333 e. The van der Waals surface area contributed by atoms with Gasteiger partial charge in [0.25, 0.3) is 0 Å². The SMILES string of the molecule is COC(=O)C(C)=CCN(C)C1CCCCCC1. The summed E-state index contributed by atoms with van der Waals surface area (Å²) in [5, 5.41) is 0. The van der Waals surface area contributed by atoms with Gasteiger partial charge in [-0.1, -0.05) is 31.8 Å². The van der Waals surface area contributed by atoms with E-state index in [1.807, 2.05) is 13.0 Å². The Balaban J connectivity index is 2.42. The van der Waals surface area contributed by atoms with Crippen molar-refractivity contribution in [1.82, 2.24) is 4.90 Å². The predicted molar refractivity (Wildman–Crippen MR) is 69.9 cm³/mol. The summed E-state index contributed by atoms with van der Waals surface area (Å²) >= 11 is 0. The lowest BCUT2D eigenvalue weighted by Crippen LogP contribution is -2.31. The second-order valence-electron chi connectivity index (χ2n) is 4.96. The standard InChI is InChI=1S/C14H25NO2/c1-12(14(16)17-3)10-11-15(2)13-8-6-4-5-7-9-13/h10,13H,4-9,11H2,1-3H3. The molecule has 0 aliphatic heterocycles. The minimum absolute atomic E-state index is 0.223. The van der Waals surface area contributed by atoms with Crippen molar-refractivity contribution in [3.05, 3.63) is 11.6 Å². The molecule has 3 heteroatoms. The number of carbonyl (C=O) groups is 1. The summed E-state index contributed by atoms with van der Waals surface area (Å²) in [6, 6.07) is 0.680. The third-order valence-electron chi connectivity index (χ3n) is 3.64. The van der Waals surface area contributed by atoms with E-state index in [9.17, 15) is 4.79 Å². The first-order chi connectivity index (χ1) is 8.15. The molecule has 0 heterocycles. The second-order valence-corrected chi connectivity index (χ2v) is 4.96. The summed E-state index contributed by atoms with van der Waals surface area (Å²) in [6.07, 6.45) is 9.99. The zero-order valence-corrected chi connectivity index (χ0v) is 11.4. The molecule has 0 aromatic carbocycles. The van der Waals surface area contributed by atoms with Crippen molar-refractivity contribution < 1.29 is 9.53 Å². The van der Waals surface area contributed by atoms with Crippen LogP contribution in [0.3, 0.4) is 0 Å². The highest BCUT2D eigenvalue weighted by molar-refractivity contribution is 5.87. The molecule has 17 heavy (non-hydrogen) atoms. The smallest absolute Gasteiger partial charge is 0.333 e. The zero-order valence-electron chi connectivity index (χ0n) is 11.4. The molecule has 0 aromatic heterocycles. The van der Waals surface area contributed by atoms with Gasteiger partial charge in [-0.25, -0.2) is 4.79 Å². The van der Waals surface area contributed by atoms with Crippen molar-refractivity contribution in [1.29, 1.82) is 0 Å². The van der Waals surface area contributed by atoms with E-state index in [0.29, 0.717) is 11.6 Å². The average Bonchev–Trinajstić information content (AvgIpc) is 2.63. The van der Waals surface area contributed by atoms with E-state index in [1.54, 1.807) is 0 Å². The number of nitrogens with zero attached hydrogens (tertiary/aromatic N) is 1. The lowest BCUT2D eigenvalue weighted by Gasteiger charge is -2.25. The molecule has 1 saturated carbocycles. The second kappa shape index (κ2) is 7.49. The maximum atomic E-state index is 11.2. The average molecular weight is 239 g/mol. The van der Waals surface area contributed by atoms with Crippen molar-refractivity contribution in [3.8, 4) is 0 Å². The van der Waals surface area contributed by atoms with Crippen LogP contribution in [0.2, 0.25) is 0 Å². The van der Waals surface area contributed by atoms with Gasteiger partial charge in [-0.3, -0.25) is 4.90 Å². The highest BCUT2D eigenvalue weighted by Gasteiger charge is 2.16. The van der Waals surface area contributed by atoms with Crippen LogP contribution in [-0.4, -0.2) is 37.6 Å². The van der Waals surface area contributed by atoms with E-state index >= 15 is 0 Å². The number of carbonyl (C=O) groups excluding carboxylic acids is 1. The molecule has 0 aromatic rings. The van der Waals surface area contributed by atoms with Gasteiger partial charge in [0.2, 0.25) is 0 Å². The molecule has 1 aliphatic carbocycles. The number of likely N-dealkylation sites (N-methyl/N-ethyl adjacent to an activating group) is 1. The highest BCUT2D eigenvalue weighted by atomic mass is 16.5. The molecule has 0 N–H and O–H groups in total. The largest absolute Gasteiger partial charge is 0.466 e. The number of hydrogen-bond acceptors (Lipinski definition) is 3. The third kappa shape index (κ3) is 4.90. The van der Waals surface area contributed by atoms with Gasteiger partial charge >= 0.3 is 5.97 Å². The van der Waals surface area contributed by atoms with Crippen molar-refractivity contribution in [2.45, 2.75) is 51.5 Å². The van der Waals surface area contributed by atoms with Crippen LogP contribution in [0, 0.1) is 0 Å². The number of ether oxygens (including phenoxy) is 1. The van der Waals surface area contributed by atoms with E-state index in [0.717, 1.165) is 6.54 Å². The molecule has 0 amide bonds. The lowest BCUT2D eigenvalue weighted by atomic mass is 10.1. The normalized spacial score (nSPS) is 19.2. The Morgan fingerprint density at radius 1 is 1.29 bits per heavy atom. The number of methoxy groups -OCH3 is 1. The Morgan fingerprint density at radius 2 is 1.88 bits per heavy atom. The van der Waals surface area contributed by atoms with Gasteiger partial charge in [-0.15, -0.1) is 0 Å². The summed E-state index contributed by atoms with van der Waals surface area (Å²) in [5.41, 5.74) is 0.702. The minimum Gasteiger partial charge on any atom is -0.466 e. The molecule has 0 radical (unpaired) electrons. The van der Waals surface area contributed by atoms with E-state index in [1.165, 1.54) is 45.6 Å². The van der Waals surface area contributed by atoms with Crippen LogP contribution < -0.4 is 0 Å². The monoisotopic (exact) mass is 239 g/mol. The Bertz CT molecular complexity index is 265. The van der Waals surface area contributed by atoms with Crippen LogP contribution in [0.5, 0.6) is 0 Å². The van der Waals surface area contributed by atoms with Crippen LogP contribution in [-0.2, 0) is 9.53 Å². The number of rotatable bonds is 4. The topological polar surface area (TPSA) is 29.5 Å². The quantitative estimate of drug-likeness (QED) is 0.429. The van der Waals surface area contributed by atoms with Crippen LogP contribution in [0.15, 0.2) is 11.6 Å². The molecule has 0 atom stereocenters. The third-order valence-corrected chi connectivity index (χ3v) is 3.64. The fraction of sp³-hybridized carbons (Fsp3) is 0.786. The van der Waals surface area contributed by atoms with Gasteiger partial charge in [-0.05, 0) is 26.8 Å². The molecular formula is C14H25NO2. The molecule has 1 rings (SSSR count). The van der Waals surface area contributed by atoms with Crippen LogP contribution in [0.1, 0.15) is 45.4 Å². The summed E-state index contributed by atoms with van der Waals surface area (Å²) in [7, 11) is 3.58. The first kappa shape index (κ1) is 14.2. The highest BCUT2D eigenvalue weighted by Crippen LogP contribution is 2.20. The van der Waals surface area contributed by atoms with E-state index in [2.05, 4.69) is 16.7 Å². The Labute approximate surface area is 105 Å². The zero-order chi connectivity index (χ0) is 12.7. The Kier molecular flexibility index (Phi) is 6.27. The van der Waals surface area contributed by atoms with E-state index in [4.69, 9.17) is 0 Å². The minimum atomic E-state index is -0.223. The fourth-order valence-electron chi connectivity index (χ4n) is 2.37. The number of esters is 1. The molecule has 1 fully saturated rings. The molecule has 0 unspecified atom stereocenters. The molecule has 3 nitrogen and oxygen atoms in total. The predicted octanol–water partition coefficient (Wildman–Crippen LogP) is 2.76. The van der Waals surface area contributed by atoms with Crippen LogP contribution in [0.25, 0.3) is 0 Å². The lowest BCUT2D eigenvalue weighted by molar-refractivity contribution is -0.136. The molecule has 0 spiro atoms. The maximum absolute atomic E-state index is 11.2. The van der Waals surface area contributed by atoms with E-state index in [-0.39, 0.29) is 5.97 Å².